The summed E-state index contributed by atoms with van der Waals surface area (Å²) in [7, 11) is -1.96. The van der Waals surface area contributed by atoms with Crippen LogP contribution in [0.15, 0.2) is 52.2 Å². The van der Waals surface area contributed by atoms with Gasteiger partial charge < -0.3 is 79.0 Å². The van der Waals surface area contributed by atoms with Crippen molar-refractivity contribution in [1.82, 2.24) is 5.32 Å². The summed E-state index contributed by atoms with van der Waals surface area (Å²) in [5.74, 6) is 1.83. The van der Waals surface area contributed by atoms with Gasteiger partial charge in [0.15, 0.2) is 5.03 Å². The van der Waals surface area contributed by atoms with Crippen LogP contribution in [0.4, 0.5) is 4.79 Å². The number of aliphatic hydroxyl groups excluding tert-OH is 3. The SMILES string of the molecule is CC(C)(C)OC(=O)NCC1OB2OC(C)(CO)COc3ccc(Cl)c1c32.C[C@@]1(CO)COC2=C3B(O[C@H](CN)C3=C(Cl)C=[C+]2)O1.C[C@@]1(CO)COc2ccc(Cl)c3c2B(O[C@@H]3CN)O1. The van der Waals surface area contributed by atoms with Crippen molar-refractivity contribution < 1.29 is 67.0 Å². The number of hydrogen-bond donors (Lipinski definition) is 6. The molecule has 8 N–H and O–H groups in total. The van der Waals surface area contributed by atoms with Crippen molar-refractivity contribution in [2.75, 3.05) is 59.3 Å². The summed E-state index contributed by atoms with van der Waals surface area (Å²) < 4.78 is 57.6. The number of amides is 1. The van der Waals surface area contributed by atoms with E-state index in [4.69, 9.17) is 93.1 Å². The number of aliphatic hydroxyl groups is 3. The van der Waals surface area contributed by atoms with Gasteiger partial charge in [-0.05, 0) is 65.8 Å². The molecule has 1 fully saturated rings. The fourth-order valence-electron chi connectivity index (χ4n) is 7.70. The van der Waals surface area contributed by atoms with Crippen LogP contribution < -0.4 is 37.2 Å². The van der Waals surface area contributed by atoms with E-state index in [9.17, 15) is 20.1 Å². The minimum absolute atomic E-state index is 0.156. The molecule has 2 aromatic rings. The monoisotopic (exact) mass is 948 g/mol. The van der Waals surface area contributed by atoms with Crippen molar-refractivity contribution in [3.8, 4) is 11.5 Å². The number of benzene rings is 2. The van der Waals surface area contributed by atoms with Crippen molar-refractivity contribution in [2.45, 2.75) is 82.3 Å². The molecular weight excluding hydrogens is 897 g/mol. The number of halogens is 3. The number of allylic oxidation sites excluding steroid dienone is 3. The summed E-state index contributed by atoms with van der Waals surface area (Å²) in [6, 6.07) is 7.05. The van der Waals surface area contributed by atoms with Crippen LogP contribution in [-0.4, -0.2) is 131 Å². The van der Waals surface area contributed by atoms with Gasteiger partial charge in [-0.25, -0.2) is 4.79 Å². The van der Waals surface area contributed by atoms with Gasteiger partial charge in [0, 0.05) is 63.3 Å². The molecular formula is C41H52B3Cl3N3O14+. The minimum atomic E-state index is -0.902. The number of nitrogens with two attached hydrogens (primary N) is 2. The predicted molar refractivity (Wildman–Crippen MR) is 239 cm³/mol. The van der Waals surface area contributed by atoms with Gasteiger partial charge in [-0.2, -0.15) is 0 Å². The van der Waals surface area contributed by atoms with E-state index in [1.807, 2.05) is 0 Å². The zero-order valence-electron chi connectivity index (χ0n) is 36.3. The van der Waals surface area contributed by atoms with Crippen LogP contribution in [0.2, 0.25) is 10.0 Å². The molecule has 0 bridgehead atoms. The fraction of sp³-hybridized carbons (Fsp3) is 0.537. The lowest BCUT2D eigenvalue weighted by molar-refractivity contribution is -0.0387. The van der Waals surface area contributed by atoms with Crippen LogP contribution >= 0.6 is 34.8 Å². The molecule has 0 saturated carbocycles. The maximum absolute atomic E-state index is 11.9. The maximum atomic E-state index is 11.9. The first-order chi connectivity index (χ1) is 30.3. The lowest BCUT2D eigenvalue weighted by Gasteiger charge is -2.27. The summed E-state index contributed by atoms with van der Waals surface area (Å²) in [5, 5.41) is 32.8. The number of nitrogens with one attached hydrogen (secondary N) is 1. The third-order valence-electron chi connectivity index (χ3n) is 11.1. The van der Waals surface area contributed by atoms with E-state index in [2.05, 4.69) is 11.4 Å². The molecule has 6 atom stereocenters. The lowest BCUT2D eigenvalue weighted by Crippen LogP contribution is -2.45. The molecule has 0 spiro atoms. The maximum Gasteiger partial charge on any atom is 0.581 e. The molecule has 0 radical (unpaired) electrons. The highest BCUT2D eigenvalue weighted by Gasteiger charge is 2.57. The highest BCUT2D eigenvalue weighted by molar-refractivity contribution is 6.65. The van der Waals surface area contributed by atoms with Gasteiger partial charge in [-0.1, -0.05) is 23.2 Å². The molecule has 23 heteroatoms. The highest BCUT2D eigenvalue weighted by atomic mass is 35.5. The van der Waals surface area contributed by atoms with Gasteiger partial charge in [-0.15, -0.1) is 0 Å². The van der Waals surface area contributed by atoms with E-state index in [1.54, 1.807) is 71.9 Å². The first kappa shape index (κ1) is 48.8. The summed E-state index contributed by atoms with van der Waals surface area (Å²) in [4.78, 5) is 11.9. The number of carbonyl (C=O) groups excluding carboxylic acids is 1. The average molecular weight is 950 g/mol. The van der Waals surface area contributed by atoms with Crippen molar-refractivity contribution >= 4 is 73.2 Å². The zero-order valence-corrected chi connectivity index (χ0v) is 38.6. The largest absolute Gasteiger partial charge is 0.581 e. The van der Waals surface area contributed by atoms with Crippen LogP contribution in [0.3, 0.4) is 0 Å². The topological polar surface area (TPSA) is 234 Å². The van der Waals surface area contributed by atoms with Gasteiger partial charge in [-0.3, -0.25) is 0 Å². The number of carbonyl (C=O) groups is 1. The quantitative estimate of drug-likeness (QED) is 0.173. The third kappa shape index (κ3) is 10.1. The van der Waals surface area contributed by atoms with Gasteiger partial charge >= 0.3 is 27.4 Å². The molecule has 2 unspecified atom stereocenters. The molecule has 6 heterocycles. The zero-order chi connectivity index (χ0) is 46.4. The van der Waals surface area contributed by atoms with Gasteiger partial charge in [0.05, 0.1) is 38.1 Å². The normalized spacial score (nSPS) is 28.3. The van der Waals surface area contributed by atoms with E-state index in [0.717, 1.165) is 22.1 Å². The number of ether oxygens (including phenoxy) is 4. The molecule has 9 rings (SSSR count). The van der Waals surface area contributed by atoms with E-state index in [1.165, 1.54) is 0 Å². The molecule has 1 aliphatic carbocycles. The number of rotatable bonds is 7. The Morgan fingerprint density at radius 1 is 0.766 bits per heavy atom. The molecule has 0 aromatic heterocycles. The number of hydrogen-bond acceptors (Lipinski definition) is 16. The molecule has 2 aromatic carbocycles. The standard InChI is InChI=1S/C17H23BClNO6.C12H15BClNO4.C12H14BClNO4/c1-16(2,3)24-15(22)20-7-12-13-10(19)5-6-11-14(13)18(25-12)26-17(4,8-21)9-23-11;2*1-12(5-16)6-17-8-3-2-7(14)10-9(4-15)18-13(19-12)11(8)10/h5-6,12,21H,7-9H2,1-4H3,(H,20,22);2-3,9,16H,4-6,15H2,1H3;2,9,16H,4-6,15H2,1H3/q;;+1/t;2*9-,12-/m.11/s1. The average Bonchev–Trinajstić information content (AvgIpc) is 3.84. The summed E-state index contributed by atoms with van der Waals surface area (Å²) >= 11 is 18.8. The van der Waals surface area contributed by atoms with Crippen molar-refractivity contribution in [3.05, 3.63) is 79.4 Å². The summed E-state index contributed by atoms with van der Waals surface area (Å²) in [6.07, 6.45) is 2.93. The Hall–Kier alpha value is -3.14. The van der Waals surface area contributed by atoms with E-state index < -0.39 is 56.0 Å². The van der Waals surface area contributed by atoms with Crippen LogP contribution in [0.1, 0.15) is 64.9 Å². The Morgan fingerprint density at radius 2 is 1.23 bits per heavy atom. The lowest BCUT2D eigenvalue weighted by atomic mass is 9.73. The number of alkyl carbamates (subject to hydrolysis) is 1. The molecule has 1 saturated heterocycles. The Balaban J connectivity index is 0.000000146. The van der Waals surface area contributed by atoms with Crippen LogP contribution in [0, 0.1) is 6.08 Å². The second kappa shape index (κ2) is 19.2. The third-order valence-corrected chi connectivity index (χ3v) is 12.0. The molecule has 344 valence electrons. The van der Waals surface area contributed by atoms with Gasteiger partial charge in [0.1, 0.15) is 76.9 Å². The molecule has 17 nitrogen and oxygen atoms in total. The Labute approximate surface area is 387 Å². The van der Waals surface area contributed by atoms with Crippen molar-refractivity contribution in [2.24, 2.45) is 11.5 Å². The van der Waals surface area contributed by atoms with Gasteiger partial charge in [0.25, 0.3) is 5.76 Å². The Kier molecular flexibility index (Phi) is 14.7. The predicted octanol–water partition coefficient (Wildman–Crippen LogP) is 2.31. The Morgan fingerprint density at radius 3 is 1.73 bits per heavy atom. The Bertz CT molecular complexity index is 2200. The summed E-state index contributed by atoms with van der Waals surface area (Å²) in [6.45, 7) is 11.6. The van der Waals surface area contributed by atoms with Crippen molar-refractivity contribution in [1.29, 1.82) is 0 Å². The second-order valence-corrected chi connectivity index (χ2v) is 19.0. The first-order valence-corrected chi connectivity index (χ1v) is 21.9. The highest BCUT2D eigenvalue weighted by Crippen LogP contribution is 2.42. The fourth-order valence-corrected chi connectivity index (χ4v) is 8.55. The molecule has 1 amide bonds. The van der Waals surface area contributed by atoms with E-state index in [0.29, 0.717) is 56.5 Å². The summed E-state index contributed by atoms with van der Waals surface area (Å²) in [5.41, 5.74) is 12.9. The van der Waals surface area contributed by atoms with E-state index >= 15 is 0 Å². The molecule has 64 heavy (non-hydrogen) atoms. The van der Waals surface area contributed by atoms with Crippen LogP contribution in [-0.2, 0) is 37.4 Å². The van der Waals surface area contributed by atoms with E-state index in [-0.39, 0.29) is 58.4 Å². The molecule has 7 aliphatic rings. The molecule has 6 aliphatic heterocycles. The first-order valence-electron chi connectivity index (χ1n) is 20.7. The van der Waals surface area contributed by atoms with Crippen molar-refractivity contribution in [3.63, 3.8) is 0 Å². The van der Waals surface area contributed by atoms with Crippen LogP contribution in [0.25, 0.3) is 0 Å². The smallest absolute Gasteiger partial charge is 0.491 e. The van der Waals surface area contributed by atoms with Gasteiger partial charge in [0.2, 0.25) is 0 Å². The minimum Gasteiger partial charge on any atom is -0.491 e. The second-order valence-electron chi connectivity index (χ2n) is 17.8. The van der Waals surface area contributed by atoms with Crippen LogP contribution in [0.5, 0.6) is 11.5 Å².